The molecule has 2 heteroatoms. The number of unbranched alkanes of at least 4 members (excludes halogenated alkanes) is 3. The van der Waals surface area contributed by atoms with Crippen molar-refractivity contribution in [3.05, 3.63) is 0 Å². The highest BCUT2D eigenvalue weighted by Crippen LogP contribution is 2.22. The van der Waals surface area contributed by atoms with E-state index in [9.17, 15) is 0 Å². The van der Waals surface area contributed by atoms with E-state index in [1.165, 1.54) is 51.4 Å². The molecule has 0 bridgehead atoms. The van der Waals surface area contributed by atoms with Crippen LogP contribution < -0.4 is 5.32 Å². The summed E-state index contributed by atoms with van der Waals surface area (Å²) in [6, 6.07) is 0.736. The first-order valence-corrected chi connectivity index (χ1v) is 7.11. The zero-order valence-corrected chi connectivity index (χ0v) is 11.1. The fourth-order valence-corrected chi connectivity index (χ4v) is 2.58. The minimum atomic E-state index is 0.736. The van der Waals surface area contributed by atoms with Gasteiger partial charge >= 0.3 is 0 Å². The van der Waals surface area contributed by atoms with Crippen LogP contribution in [0.5, 0.6) is 0 Å². The minimum absolute atomic E-state index is 0.736. The van der Waals surface area contributed by atoms with Crippen LogP contribution in [0.25, 0.3) is 0 Å². The van der Waals surface area contributed by atoms with E-state index in [-0.39, 0.29) is 0 Å². The Morgan fingerprint density at radius 1 is 1.19 bits per heavy atom. The van der Waals surface area contributed by atoms with Crippen molar-refractivity contribution in [2.24, 2.45) is 5.92 Å². The molecule has 1 unspecified atom stereocenters. The van der Waals surface area contributed by atoms with Gasteiger partial charge in [-0.3, -0.25) is 0 Å². The summed E-state index contributed by atoms with van der Waals surface area (Å²) in [7, 11) is 2.11. The quantitative estimate of drug-likeness (QED) is 0.642. The van der Waals surface area contributed by atoms with E-state index in [2.05, 4.69) is 19.3 Å². The lowest BCUT2D eigenvalue weighted by Gasteiger charge is -2.26. The molecule has 1 saturated heterocycles. The second-order valence-corrected chi connectivity index (χ2v) is 5.13. The second kappa shape index (κ2) is 9.00. The van der Waals surface area contributed by atoms with E-state index in [0.29, 0.717) is 0 Å². The van der Waals surface area contributed by atoms with Gasteiger partial charge < -0.3 is 10.1 Å². The Labute approximate surface area is 101 Å². The van der Waals surface area contributed by atoms with Gasteiger partial charge in [0.1, 0.15) is 0 Å². The molecule has 0 amide bonds. The lowest BCUT2D eigenvalue weighted by Crippen LogP contribution is -2.30. The summed E-state index contributed by atoms with van der Waals surface area (Å²) in [5, 5.41) is 3.49. The van der Waals surface area contributed by atoms with Gasteiger partial charge in [0.15, 0.2) is 0 Å². The summed E-state index contributed by atoms with van der Waals surface area (Å²) >= 11 is 0. The average molecular weight is 227 g/mol. The van der Waals surface area contributed by atoms with E-state index in [4.69, 9.17) is 4.74 Å². The number of hydrogen-bond acceptors (Lipinski definition) is 2. The van der Waals surface area contributed by atoms with Crippen molar-refractivity contribution in [3.63, 3.8) is 0 Å². The molecule has 1 aliphatic heterocycles. The van der Waals surface area contributed by atoms with Gasteiger partial charge in [0, 0.05) is 19.3 Å². The van der Waals surface area contributed by atoms with Crippen LogP contribution in [0.3, 0.4) is 0 Å². The van der Waals surface area contributed by atoms with Crippen molar-refractivity contribution in [1.29, 1.82) is 0 Å². The number of nitrogens with one attached hydrogen (secondary N) is 1. The Bertz CT molecular complexity index is 155. The van der Waals surface area contributed by atoms with E-state index in [1.54, 1.807) is 0 Å². The van der Waals surface area contributed by atoms with Crippen LogP contribution in [-0.4, -0.2) is 26.3 Å². The van der Waals surface area contributed by atoms with Crippen LogP contribution in [-0.2, 0) is 4.74 Å². The van der Waals surface area contributed by atoms with E-state index in [0.717, 1.165) is 25.2 Å². The second-order valence-electron chi connectivity index (χ2n) is 5.13. The summed E-state index contributed by atoms with van der Waals surface area (Å²) in [6.45, 7) is 4.24. The Balaban J connectivity index is 2.09. The van der Waals surface area contributed by atoms with E-state index < -0.39 is 0 Å². The molecule has 1 N–H and O–H groups in total. The molecule has 0 radical (unpaired) electrons. The average Bonchev–Trinajstić information content (AvgIpc) is 2.34. The Morgan fingerprint density at radius 3 is 2.56 bits per heavy atom. The first kappa shape index (κ1) is 14.0. The molecule has 0 aromatic carbocycles. The van der Waals surface area contributed by atoms with Crippen molar-refractivity contribution < 1.29 is 4.74 Å². The SMILES string of the molecule is CCCCCCC(CC1CCOCC1)NC. The van der Waals surface area contributed by atoms with Gasteiger partial charge in [-0.25, -0.2) is 0 Å². The molecule has 2 nitrogen and oxygen atoms in total. The van der Waals surface area contributed by atoms with Gasteiger partial charge in [-0.2, -0.15) is 0 Å². The third kappa shape index (κ3) is 5.86. The number of hydrogen-bond donors (Lipinski definition) is 1. The molecular weight excluding hydrogens is 198 g/mol. The van der Waals surface area contributed by atoms with Crippen molar-refractivity contribution in [2.45, 2.75) is 64.3 Å². The maximum atomic E-state index is 5.41. The van der Waals surface area contributed by atoms with Crippen molar-refractivity contribution in [1.82, 2.24) is 5.32 Å². The van der Waals surface area contributed by atoms with Crippen molar-refractivity contribution >= 4 is 0 Å². The van der Waals surface area contributed by atoms with Crippen LogP contribution in [0.15, 0.2) is 0 Å². The molecule has 0 aromatic heterocycles. The zero-order valence-electron chi connectivity index (χ0n) is 11.1. The van der Waals surface area contributed by atoms with E-state index in [1.807, 2.05) is 0 Å². The van der Waals surface area contributed by atoms with Crippen LogP contribution in [0.1, 0.15) is 58.3 Å². The summed E-state index contributed by atoms with van der Waals surface area (Å²) in [6.07, 6.45) is 10.8. The maximum Gasteiger partial charge on any atom is 0.0468 e. The van der Waals surface area contributed by atoms with Gasteiger partial charge in [0.05, 0.1) is 0 Å². The summed E-state index contributed by atoms with van der Waals surface area (Å²) < 4.78 is 5.41. The van der Waals surface area contributed by atoms with Crippen molar-refractivity contribution in [3.8, 4) is 0 Å². The molecule has 1 rings (SSSR count). The molecule has 0 spiro atoms. The molecular formula is C14H29NO. The topological polar surface area (TPSA) is 21.3 Å². The third-order valence-electron chi connectivity index (χ3n) is 3.77. The predicted molar refractivity (Wildman–Crippen MR) is 69.8 cm³/mol. The molecule has 96 valence electrons. The zero-order chi connectivity index (χ0) is 11.6. The fourth-order valence-electron chi connectivity index (χ4n) is 2.58. The molecule has 0 aliphatic carbocycles. The monoisotopic (exact) mass is 227 g/mol. The van der Waals surface area contributed by atoms with Gasteiger partial charge in [0.2, 0.25) is 0 Å². The normalized spacial score (nSPS) is 19.9. The van der Waals surface area contributed by atoms with Crippen LogP contribution in [0.2, 0.25) is 0 Å². The first-order chi connectivity index (χ1) is 7.86. The van der Waals surface area contributed by atoms with Gasteiger partial charge in [-0.05, 0) is 38.6 Å². The summed E-state index contributed by atoms with van der Waals surface area (Å²) in [5.74, 6) is 0.900. The summed E-state index contributed by atoms with van der Waals surface area (Å²) in [4.78, 5) is 0. The molecule has 1 fully saturated rings. The lowest BCUT2D eigenvalue weighted by molar-refractivity contribution is 0.0604. The molecule has 1 aliphatic rings. The van der Waals surface area contributed by atoms with Gasteiger partial charge in [-0.1, -0.05) is 32.6 Å². The highest BCUT2D eigenvalue weighted by atomic mass is 16.5. The number of ether oxygens (including phenoxy) is 1. The Hall–Kier alpha value is -0.0800. The highest BCUT2D eigenvalue weighted by molar-refractivity contribution is 4.72. The Morgan fingerprint density at radius 2 is 1.94 bits per heavy atom. The maximum absolute atomic E-state index is 5.41. The van der Waals surface area contributed by atoms with Crippen LogP contribution in [0, 0.1) is 5.92 Å². The minimum Gasteiger partial charge on any atom is -0.381 e. The van der Waals surface area contributed by atoms with Crippen LogP contribution >= 0.6 is 0 Å². The summed E-state index contributed by atoms with van der Waals surface area (Å²) in [5.41, 5.74) is 0. The molecule has 16 heavy (non-hydrogen) atoms. The van der Waals surface area contributed by atoms with Crippen LogP contribution in [0.4, 0.5) is 0 Å². The largest absolute Gasteiger partial charge is 0.381 e. The lowest BCUT2D eigenvalue weighted by atomic mass is 9.90. The first-order valence-electron chi connectivity index (χ1n) is 7.11. The molecule has 0 aromatic rings. The molecule has 1 heterocycles. The van der Waals surface area contributed by atoms with Gasteiger partial charge in [-0.15, -0.1) is 0 Å². The highest BCUT2D eigenvalue weighted by Gasteiger charge is 2.17. The number of rotatable bonds is 8. The van der Waals surface area contributed by atoms with Crippen molar-refractivity contribution in [2.75, 3.05) is 20.3 Å². The Kier molecular flexibility index (Phi) is 7.87. The molecule has 1 atom stereocenters. The predicted octanol–water partition coefficient (Wildman–Crippen LogP) is 3.36. The molecule has 0 saturated carbocycles. The fraction of sp³-hybridized carbons (Fsp3) is 1.00. The van der Waals surface area contributed by atoms with E-state index >= 15 is 0 Å². The third-order valence-corrected chi connectivity index (χ3v) is 3.77. The van der Waals surface area contributed by atoms with Gasteiger partial charge in [0.25, 0.3) is 0 Å². The smallest absolute Gasteiger partial charge is 0.0468 e. The standard InChI is InChI=1S/C14H29NO/c1-3-4-5-6-7-14(15-2)12-13-8-10-16-11-9-13/h13-15H,3-12H2,1-2H3.